The molecule has 0 unspecified atom stereocenters. The number of nitrogens with zero attached hydrogens (tertiary/aromatic N) is 1. The Morgan fingerprint density at radius 2 is 1.72 bits per heavy atom. The molecule has 0 aliphatic heterocycles. The fraction of sp³-hybridized carbons (Fsp3) is 0.143. The number of carbonyl (C=O) groups is 2. The molecule has 1 amide bonds. The van der Waals surface area contributed by atoms with Crippen LogP contribution in [0.25, 0.3) is 10.8 Å². The summed E-state index contributed by atoms with van der Waals surface area (Å²) >= 11 is 0. The highest BCUT2D eigenvalue weighted by Gasteiger charge is 2.18. The molecular weight excluding hydrogens is 376 g/mol. The van der Waals surface area contributed by atoms with Gasteiger partial charge in [-0.2, -0.15) is 0 Å². The summed E-state index contributed by atoms with van der Waals surface area (Å²) in [6, 6.07) is 17.5. The number of nitro benzene ring substituents is 1. The Bertz CT molecular complexity index is 1070. The molecule has 0 saturated carbocycles. The quantitative estimate of drug-likeness (QED) is 0.373. The number of aryl methyl sites for hydroxylation is 1. The SMILES string of the molecule is Cc1cccc([N+](=O)[O-])c1NC(=O)COC(=O)COc1cccc2ccccc12. The largest absolute Gasteiger partial charge is 0.481 e. The molecule has 0 bridgehead atoms. The van der Waals surface area contributed by atoms with Crippen LogP contribution in [0.4, 0.5) is 11.4 Å². The predicted octanol–water partition coefficient (Wildman–Crippen LogP) is 3.62. The summed E-state index contributed by atoms with van der Waals surface area (Å²) in [6.45, 7) is 0.682. The van der Waals surface area contributed by atoms with E-state index in [0.717, 1.165) is 10.8 Å². The molecular formula is C21H18N2O6. The van der Waals surface area contributed by atoms with Crippen molar-refractivity contribution in [3.63, 3.8) is 0 Å². The summed E-state index contributed by atoms with van der Waals surface area (Å²) in [6.07, 6.45) is 0. The number of carbonyl (C=O) groups excluding carboxylic acids is 2. The molecule has 0 fully saturated rings. The van der Waals surface area contributed by atoms with Crippen LogP contribution in [0.3, 0.4) is 0 Å². The number of esters is 1. The zero-order valence-corrected chi connectivity index (χ0v) is 15.6. The van der Waals surface area contributed by atoms with E-state index in [-0.39, 0.29) is 18.0 Å². The second-order valence-corrected chi connectivity index (χ2v) is 6.20. The molecule has 0 saturated heterocycles. The van der Waals surface area contributed by atoms with E-state index in [0.29, 0.717) is 11.3 Å². The minimum Gasteiger partial charge on any atom is -0.481 e. The van der Waals surface area contributed by atoms with Gasteiger partial charge in [0.1, 0.15) is 11.4 Å². The summed E-state index contributed by atoms with van der Waals surface area (Å²) < 4.78 is 10.4. The van der Waals surface area contributed by atoms with Crippen molar-refractivity contribution in [1.82, 2.24) is 0 Å². The average molecular weight is 394 g/mol. The fourth-order valence-corrected chi connectivity index (χ4v) is 2.79. The van der Waals surface area contributed by atoms with Gasteiger partial charge in [-0.3, -0.25) is 14.9 Å². The molecule has 148 valence electrons. The Kier molecular flexibility index (Phi) is 6.03. The van der Waals surface area contributed by atoms with Gasteiger partial charge in [0.15, 0.2) is 13.2 Å². The van der Waals surface area contributed by atoms with Crippen LogP contribution in [0.15, 0.2) is 60.7 Å². The maximum atomic E-state index is 12.0. The van der Waals surface area contributed by atoms with E-state index in [9.17, 15) is 19.7 Å². The van der Waals surface area contributed by atoms with Crippen LogP contribution < -0.4 is 10.1 Å². The van der Waals surface area contributed by atoms with Crippen molar-refractivity contribution in [2.24, 2.45) is 0 Å². The van der Waals surface area contributed by atoms with Gasteiger partial charge in [-0.15, -0.1) is 0 Å². The van der Waals surface area contributed by atoms with E-state index < -0.39 is 23.4 Å². The van der Waals surface area contributed by atoms with Crippen LogP contribution >= 0.6 is 0 Å². The van der Waals surface area contributed by atoms with Gasteiger partial charge in [-0.1, -0.05) is 48.5 Å². The number of nitro groups is 1. The van der Waals surface area contributed by atoms with Crippen LogP contribution in [0.2, 0.25) is 0 Å². The monoisotopic (exact) mass is 394 g/mol. The first-order valence-corrected chi connectivity index (χ1v) is 8.76. The minimum atomic E-state index is -0.729. The fourth-order valence-electron chi connectivity index (χ4n) is 2.79. The predicted molar refractivity (Wildman–Crippen MR) is 107 cm³/mol. The molecule has 8 nitrogen and oxygen atoms in total. The van der Waals surface area contributed by atoms with Crippen molar-refractivity contribution in [1.29, 1.82) is 0 Å². The van der Waals surface area contributed by atoms with Gasteiger partial charge in [-0.25, -0.2) is 4.79 Å². The lowest BCUT2D eigenvalue weighted by Gasteiger charge is -2.11. The first-order valence-electron chi connectivity index (χ1n) is 8.76. The van der Waals surface area contributed by atoms with Crippen molar-refractivity contribution in [2.45, 2.75) is 6.92 Å². The number of para-hydroxylation sites is 1. The van der Waals surface area contributed by atoms with Crippen molar-refractivity contribution in [2.75, 3.05) is 18.5 Å². The highest BCUT2D eigenvalue weighted by molar-refractivity contribution is 5.95. The number of amides is 1. The maximum Gasteiger partial charge on any atom is 0.344 e. The molecule has 0 aliphatic carbocycles. The molecule has 3 rings (SSSR count). The number of hydrogen-bond donors (Lipinski definition) is 1. The minimum absolute atomic E-state index is 0.0746. The number of fused-ring (bicyclic) bond motifs is 1. The number of rotatable bonds is 7. The van der Waals surface area contributed by atoms with Crippen LogP contribution in [-0.2, 0) is 14.3 Å². The maximum absolute atomic E-state index is 12.0. The first-order chi connectivity index (χ1) is 14.0. The van der Waals surface area contributed by atoms with Gasteiger partial charge in [0.05, 0.1) is 4.92 Å². The van der Waals surface area contributed by atoms with E-state index in [2.05, 4.69) is 5.32 Å². The lowest BCUT2D eigenvalue weighted by atomic mass is 10.1. The molecule has 0 radical (unpaired) electrons. The summed E-state index contributed by atoms with van der Waals surface area (Å²) in [7, 11) is 0. The van der Waals surface area contributed by atoms with Crippen LogP contribution in [-0.4, -0.2) is 30.0 Å². The number of ether oxygens (including phenoxy) is 2. The van der Waals surface area contributed by atoms with E-state index in [4.69, 9.17) is 9.47 Å². The van der Waals surface area contributed by atoms with Gasteiger partial charge in [0.25, 0.3) is 11.6 Å². The topological polar surface area (TPSA) is 108 Å². The molecule has 3 aromatic carbocycles. The second kappa shape index (κ2) is 8.83. The van der Waals surface area contributed by atoms with Gasteiger partial charge in [0, 0.05) is 11.5 Å². The third-order valence-electron chi connectivity index (χ3n) is 4.17. The van der Waals surface area contributed by atoms with Crippen LogP contribution in [0, 0.1) is 17.0 Å². The standard InChI is InChI=1S/C21H18N2O6/c1-14-6-4-10-17(23(26)27)21(14)22-19(24)12-29-20(25)13-28-18-11-5-8-15-7-2-3-9-16(15)18/h2-11H,12-13H2,1H3,(H,22,24). The van der Waals surface area contributed by atoms with Gasteiger partial charge in [-0.05, 0) is 23.9 Å². The van der Waals surface area contributed by atoms with E-state index in [1.54, 1.807) is 19.1 Å². The zero-order valence-electron chi connectivity index (χ0n) is 15.6. The molecule has 3 aromatic rings. The Morgan fingerprint density at radius 3 is 2.52 bits per heavy atom. The normalized spacial score (nSPS) is 10.4. The average Bonchev–Trinajstić information content (AvgIpc) is 2.72. The van der Waals surface area contributed by atoms with E-state index in [1.807, 2.05) is 36.4 Å². The third-order valence-corrected chi connectivity index (χ3v) is 4.17. The van der Waals surface area contributed by atoms with Crippen molar-refractivity contribution in [3.05, 3.63) is 76.3 Å². The molecule has 0 aromatic heterocycles. The summed E-state index contributed by atoms with van der Waals surface area (Å²) in [4.78, 5) is 34.5. The van der Waals surface area contributed by atoms with Gasteiger partial charge < -0.3 is 14.8 Å². The third kappa shape index (κ3) is 4.86. The lowest BCUT2D eigenvalue weighted by molar-refractivity contribution is -0.384. The van der Waals surface area contributed by atoms with Gasteiger partial charge >= 0.3 is 5.97 Å². The summed E-state index contributed by atoms with van der Waals surface area (Å²) in [5.41, 5.74) is 0.368. The summed E-state index contributed by atoms with van der Waals surface area (Å²) in [5, 5.41) is 15.3. The molecule has 0 atom stereocenters. The smallest absolute Gasteiger partial charge is 0.344 e. The molecule has 0 spiro atoms. The van der Waals surface area contributed by atoms with Gasteiger partial charge in [0.2, 0.25) is 0 Å². The van der Waals surface area contributed by atoms with Crippen molar-refractivity contribution < 1.29 is 24.0 Å². The summed E-state index contributed by atoms with van der Waals surface area (Å²) in [5.74, 6) is -0.881. The number of hydrogen-bond acceptors (Lipinski definition) is 6. The lowest BCUT2D eigenvalue weighted by Crippen LogP contribution is -2.24. The van der Waals surface area contributed by atoms with Crippen LogP contribution in [0.5, 0.6) is 5.75 Å². The van der Waals surface area contributed by atoms with Crippen molar-refractivity contribution >= 4 is 34.0 Å². The molecule has 1 N–H and O–H groups in total. The Balaban J connectivity index is 1.55. The Hall–Kier alpha value is -3.94. The second-order valence-electron chi connectivity index (χ2n) is 6.20. The van der Waals surface area contributed by atoms with Crippen molar-refractivity contribution in [3.8, 4) is 5.75 Å². The van der Waals surface area contributed by atoms with E-state index in [1.165, 1.54) is 12.1 Å². The molecule has 8 heteroatoms. The molecule has 0 aliphatic rings. The molecule has 29 heavy (non-hydrogen) atoms. The van der Waals surface area contributed by atoms with Crippen LogP contribution in [0.1, 0.15) is 5.56 Å². The zero-order chi connectivity index (χ0) is 20.8. The highest BCUT2D eigenvalue weighted by atomic mass is 16.6. The molecule has 0 heterocycles. The van der Waals surface area contributed by atoms with E-state index >= 15 is 0 Å². The number of benzene rings is 3. The number of anilines is 1. The highest BCUT2D eigenvalue weighted by Crippen LogP contribution is 2.27. The Morgan fingerprint density at radius 1 is 1.00 bits per heavy atom. The Labute approximate surface area is 166 Å². The number of nitrogens with one attached hydrogen (secondary N) is 1. The first kappa shape index (κ1) is 19.8.